The van der Waals surface area contributed by atoms with Gasteiger partial charge in [-0.25, -0.2) is 14.8 Å². The van der Waals surface area contributed by atoms with Crippen molar-refractivity contribution >= 4 is 17.6 Å². The van der Waals surface area contributed by atoms with Crippen molar-refractivity contribution in [2.75, 3.05) is 23.7 Å². The molecule has 3 N–H and O–H groups in total. The monoisotopic (exact) mass is 509 g/mol. The van der Waals surface area contributed by atoms with Crippen LogP contribution >= 0.6 is 0 Å². The first-order valence-electron chi connectivity index (χ1n) is 13.6. The highest BCUT2D eigenvalue weighted by Crippen LogP contribution is 2.49. The number of amides is 1. The highest BCUT2D eigenvalue weighted by Gasteiger charge is 2.37. The lowest BCUT2D eigenvalue weighted by Crippen LogP contribution is -2.42. The number of anilines is 2. The van der Waals surface area contributed by atoms with Gasteiger partial charge in [0, 0.05) is 30.3 Å². The highest BCUT2D eigenvalue weighted by atomic mass is 16.6. The van der Waals surface area contributed by atoms with Gasteiger partial charge in [-0.2, -0.15) is 0 Å². The average Bonchev–Trinajstić information content (AvgIpc) is 2.80. The van der Waals surface area contributed by atoms with Crippen molar-refractivity contribution in [1.82, 2.24) is 15.3 Å². The third kappa shape index (κ3) is 5.78. The molecule has 0 aliphatic heterocycles. The summed E-state index contributed by atoms with van der Waals surface area (Å²) in [4.78, 5) is 23.5. The summed E-state index contributed by atoms with van der Waals surface area (Å²) in [5.41, 5.74) is 11.1. The lowest BCUT2D eigenvalue weighted by Gasteiger charge is -2.38. The number of aromatic nitrogens is 2. The van der Waals surface area contributed by atoms with E-state index in [1.165, 1.54) is 5.56 Å². The van der Waals surface area contributed by atoms with E-state index in [9.17, 15) is 4.79 Å². The van der Waals surface area contributed by atoms with Crippen molar-refractivity contribution < 1.29 is 14.3 Å². The van der Waals surface area contributed by atoms with Gasteiger partial charge in [0.25, 0.3) is 0 Å². The second-order valence-electron chi connectivity index (χ2n) is 11.9. The topological polar surface area (TPSA) is 103 Å². The largest absolute Gasteiger partial charge is 0.488 e. The van der Waals surface area contributed by atoms with Gasteiger partial charge < -0.3 is 25.4 Å². The number of nitrogens with zero attached hydrogens (tertiary/aromatic N) is 3. The van der Waals surface area contributed by atoms with Gasteiger partial charge >= 0.3 is 6.09 Å². The Bertz CT molecular complexity index is 1130. The summed E-state index contributed by atoms with van der Waals surface area (Å²) in [6.07, 6.45) is 5.65. The molecule has 0 unspecified atom stereocenters. The molecular weight excluding hydrogens is 466 g/mol. The fourth-order valence-corrected chi connectivity index (χ4v) is 5.78. The molecule has 0 radical (unpaired) electrons. The summed E-state index contributed by atoms with van der Waals surface area (Å²) >= 11 is 0. The molecule has 1 amide bonds. The second-order valence-corrected chi connectivity index (χ2v) is 11.9. The molecule has 0 spiro atoms. The molecule has 1 aromatic carbocycles. The number of fused-ring (bicyclic) bond motifs is 3. The van der Waals surface area contributed by atoms with E-state index >= 15 is 0 Å². The molecule has 8 heteroatoms. The fourth-order valence-electron chi connectivity index (χ4n) is 5.78. The Morgan fingerprint density at radius 3 is 2.43 bits per heavy atom. The van der Waals surface area contributed by atoms with E-state index in [1.807, 2.05) is 20.8 Å². The maximum absolute atomic E-state index is 12.2. The van der Waals surface area contributed by atoms with Gasteiger partial charge in [0.15, 0.2) is 0 Å². The molecule has 2 aliphatic rings. The summed E-state index contributed by atoms with van der Waals surface area (Å²) in [5.74, 6) is 1.48. The van der Waals surface area contributed by atoms with E-state index in [1.54, 1.807) is 6.33 Å². The van der Waals surface area contributed by atoms with Gasteiger partial charge in [-0.1, -0.05) is 13.8 Å². The first-order chi connectivity index (χ1) is 17.4. The van der Waals surface area contributed by atoms with Crippen molar-refractivity contribution in [3.05, 3.63) is 29.6 Å². The van der Waals surface area contributed by atoms with Crippen molar-refractivity contribution in [2.45, 2.75) is 104 Å². The van der Waals surface area contributed by atoms with Crippen molar-refractivity contribution in [3.63, 3.8) is 0 Å². The first kappa shape index (κ1) is 27.0. The number of carbonyl (C=O) groups is 1. The van der Waals surface area contributed by atoms with Crippen LogP contribution < -0.4 is 20.7 Å². The number of nitrogens with one attached hydrogen (secondary N) is 1. The summed E-state index contributed by atoms with van der Waals surface area (Å²) in [5, 5.41) is 3.02. The number of ether oxygens (including phenoxy) is 2. The number of hydrogen-bond acceptors (Lipinski definition) is 7. The van der Waals surface area contributed by atoms with Gasteiger partial charge in [0.1, 0.15) is 23.5 Å². The minimum Gasteiger partial charge on any atom is -0.488 e. The number of nitrogen functional groups attached to an aromatic ring is 1. The highest BCUT2D eigenvalue weighted by molar-refractivity contribution is 5.83. The van der Waals surface area contributed by atoms with Crippen LogP contribution in [0.4, 0.5) is 16.3 Å². The van der Waals surface area contributed by atoms with Crippen LogP contribution in [0.2, 0.25) is 0 Å². The van der Waals surface area contributed by atoms with E-state index in [0.717, 1.165) is 73.5 Å². The van der Waals surface area contributed by atoms with Gasteiger partial charge in [0.2, 0.25) is 0 Å². The number of nitrogens with two attached hydrogens (primary N) is 1. The lowest BCUT2D eigenvalue weighted by molar-refractivity contribution is 0.0471. The minimum absolute atomic E-state index is 0.103. The van der Waals surface area contributed by atoms with Crippen molar-refractivity contribution in [3.8, 4) is 17.0 Å². The number of benzene rings is 1. The zero-order chi connectivity index (χ0) is 27.0. The first-order valence-corrected chi connectivity index (χ1v) is 13.6. The Morgan fingerprint density at radius 1 is 1.14 bits per heavy atom. The van der Waals surface area contributed by atoms with Crippen molar-refractivity contribution in [1.29, 1.82) is 0 Å². The van der Waals surface area contributed by atoms with Crippen LogP contribution in [-0.2, 0) is 16.6 Å². The third-order valence-electron chi connectivity index (χ3n) is 7.44. The van der Waals surface area contributed by atoms with Gasteiger partial charge in [0.05, 0.1) is 17.5 Å². The molecule has 0 bridgehead atoms. The summed E-state index contributed by atoms with van der Waals surface area (Å²) in [6, 6.07) is 4.34. The molecule has 0 atom stereocenters. The van der Waals surface area contributed by atoms with E-state index < -0.39 is 5.60 Å². The Kier molecular flexibility index (Phi) is 7.58. The van der Waals surface area contributed by atoms with Crippen LogP contribution in [0.25, 0.3) is 11.3 Å². The molecule has 2 aliphatic carbocycles. The van der Waals surface area contributed by atoms with Crippen LogP contribution in [-0.4, -0.2) is 46.9 Å². The van der Waals surface area contributed by atoms with E-state index in [0.29, 0.717) is 5.82 Å². The standard InChI is InChI=1S/C29H43N5O3/c1-8-34(9-2)25-21-16-29(6,7)23-24(31-17-32-26(23)30)20(21)14-15-22(25)36-19-12-10-18(11-13-19)33-27(35)37-28(3,4)5/h14-15,17-19H,8-13,16H2,1-7H3,(H,33,35)(H2,30,31,32)/t18-,19-. The number of alkyl carbamates (subject to hydrolysis) is 1. The number of rotatable bonds is 6. The predicted octanol–water partition coefficient (Wildman–Crippen LogP) is 5.62. The van der Waals surface area contributed by atoms with Crippen LogP contribution in [0.1, 0.15) is 85.3 Å². The van der Waals surface area contributed by atoms with E-state index in [2.05, 4.69) is 60.0 Å². The fraction of sp³-hybridized carbons (Fsp3) is 0.621. The quantitative estimate of drug-likeness (QED) is 0.521. The summed E-state index contributed by atoms with van der Waals surface area (Å²) < 4.78 is 12.1. The zero-order valence-corrected chi connectivity index (χ0v) is 23.5. The molecule has 1 heterocycles. The molecule has 2 aromatic rings. The third-order valence-corrected chi connectivity index (χ3v) is 7.44. The molecule has 37 heavy (non-hydrogen) atoms. The summed E-state index contributed by atoms with van der Waals surface area (Å²) in [6.45, 7) is 16.2. The molecule has 0 saturated heterocycles. The lowest BCUT2D eigenvalue weighted by atomic mass is 9.71. The summed E-state index contributed by atoms with van der Waals surface area (Å²) in [7, 11) is 0. The Labute approximate surface area is 221 Å². The van der Waals surface area contributed by atoms with Crippen molar-refractivity contribution in [2.24, 2.45) is 0 Å². The van der Waals surface area contributed by atoms with Gasteiger partial charge in [-0.15, -0.1) is 0 Å². The molecule has 1 aromatic heterocycles. The minimum atomic E-state index is -0.496. The molecule has 202 valence electrons. The Balaban J connectivity index is 1.58. The predicted molar refractivity (Wildman–Crippen MR) is 148 cm³/mol. The normalized spacial score (nSPS) is 20.4. The number of carbonyl (C=O) groups excluding carboxylic acids is 1. The van der Waals surface area contributed by atoms with Gasteiger partial charge in [-0.05, 0) is 89.8 Å². The SMILES string of the molecule is CCN(CC)c1c(O[C@H]2CC[C@H](NC(=O)OC(C)(C)C)CC2)ccc2c1CC(C)(C)c1c(N)ncnc1-2. The van der Waals surface area contributed by atoms with Crippen LogP contribution in [0.15, 0.2) is 18.5 Å². The molecular formula is C29H43N5O3. The molecule has 8 nitrogen and oxygen atoms in total. The van der Waals surface area contributed by atoms with Crippen LogP contribution in [0, 0.1) is 0 Å². The zero-order valence-electron chi connectivity index (χ0n) is 23.5. The van der Waals surface area contributed by atoms with Gasteiger partial charge in [-0.3, -0.25) is 0 Å². The molecule has 1 fully saturated rings. The van der Waals surface area contributed by atoms with E-state index in [-0.39, 0.29) is 23.7 Å². The smallest absolute Gasteiger partial charge is 0.407 e. The van der Waals surface area contributed by atoms with E-state index in [4.69, 9.17) is 15.2 Å². The van der Waals surface area contributed by atoms with Crippen LogP contribution in [0.5, 0.6) is 5.75 Å². The van der Waals surface area contributed by atoms with Crippen LogP contribution in [0.3, 0.4) is 0 Å². The Morgan fingerprint density at radius 2 is 1.81 bits per heavy atom. The maximum atomic E-state index is 12.2. The maximum Gasteiger partial charge on any atom is 0.407 e. The number of hydrogen-bond donors (Lipinski definition) is 2. The Hall–Kier alpha value is -3.03. The average molecular weight is 510 g/mol. The molecule has 1 saturated carbocycles. The molecule has 4 rings (SSSR count). The second kappa shape index (κ2) is 10.4.